The van der Waals surface area contributed by atoms with Crippen LogP contribution in [0.3, 0.4) is 0 Å². The highest BCUT2D eigenvalue weighted by Crippen LogP contribution is 2.58. The second-order valence-electron chi connectivity index (χ2n) is 8.68. The molecule has 0 radical (unpaired) electrons. The molecule has 0 spiro atoms. The minimum absolute atomic E-state index is 0.0928. The highest BCUT2D eigenvalue weighted by Gasteiger charge is 2.53. The molecule has 24 heavy (non-hydrogen) atoms. The molecule has 4 aliphatic carbocycles. The number of rotatable bonds is 4. The molecular weight excluding hydrogens is 298 g/mol. The van der Waals surface area contributed by atoms with Crippen LogP contribution in [-0.4, -0.2) is 18.2 Å². The molecule has 3 heteroatoms. The molecule has 4 rings (SSSR count). The van der Waals surface area contributed by atoms with Gasteiger partial charge in [-0.2, -0.15) is 0 Å². The molecule has 0 aliphatic heterocycles. The summed E-state index contributed by atoms with van der Waals surface area (Å²) in [4.78, 5) is 23.9. The normalized spacial score (nSPS) is 39.3. The largest absolute Gasteiger partial charge is 0.355 e. The van der Waals surface area contributed by atoms with Crippen molar-refractivity contribution in [1.82, 2.24) is 5.32 Å². The zero-order chi connectivity index (χ0) is 16.6. The molecule has 2 saturated carbocycles. The van der Waals surface area contributed by atoms with Gasteiger partial charge < -0.3 is 5.32 Å². The highest BCUT2D eigenvalue weighted by atomic mass is 16.1. The van der Waals surface area contributed by atoms with Crippen LogP contribution in [0, 0.1) is 17.3 Å². The maximum atomic E-state index is 12.5. The Morgan fingerprint density at radius 1 is 1.04 bits per heavy atom. The minimum atomic E-state index is 0.0928. The lowest BCUT2D eigenvalue weighted by Crippen LogP contribution is -2.57. The van der Waals surface area contributed by atoms with Gasteiger partial charge in [0.1, 0.15) is 5.78 Å². The molecule has 4 aliphatic rings. The van der Waals surface area contributed by atoms with E-state index in [0.717, 1.165) is 32.1 Å². The first-order chi connectivity index (χ1) is 11.7. The molecule has 0 heterocycles. The predicted molar refractivity (Wildman–Crippen MR) is 94.5 cm³/mol. The van der Waals surface area contributed by atoms with Gasteiger partial charge in [0.05, 0.1) is 0 Å². The van der Waals surface area contributed by atoms with Crippen molar-refractivity contribution in [2.45, 2.75) is 89.5 Å². The zero-order valence-electron chi connectivity index (χ0n) is 14.8. The molecule has 0 aromatic heterocycles. The fourth-order valence-corrected chi connectivity index (χ4v) is 6.55. The molecule has 1 amide bonds. The van der Waals surface area contributed by atoms with Gasteiger partial charge in [-0.05, 0) is 70.1 Å². The molecule has 1 N–H and O–H groups in total. The summed E-state index contributed by atoms with van der Waals surface area (Å²) >= 11 is 0. The van der Waals surface area contributed by atoms with Crippen LogP contribution in [0.4, 0.5) is 0 Å². The fraction of sp³-hybridized carbons (Fsp3) is 0.810. The van der Waals surface area contributed by atoms with Gasteiger partial charge in [-0.15, -0.1) is 0 Å². The number of nitrogens with one attached hydrogen (secondary N) is 1. The number of carbonyl (C=O) groups is 2. The Hall–Kier alpha value is -1.12. The SMILES string of the molecule is O=CNC1C2CCCC1(CC1CCCCC1=O)C1=C(CCCC1)C2. The lowest BCUT2D eigenvalue weighted by atomic mass is 9.51. The van der Waals surface area contributed by atoms with E-state index in [1.165, 1.54) is 57.8 Å². The third-order valence-electron chi connectivity index (χ3n) is 7.50. The Bertz CT molecular complexity index is 552. The summed E-state index contributed by atoms with van der Waals surface area (Å²) in [6, 6.07) is 0.273. The van der Waals surface area contributed by atoms with Crippen LogP contribution in [0.2, 0.25) is 0 Å². The van der Waals surface area contributed by atoms with Gasteiger partial charge in [-0.25, -0.2) is 0 Å². The smallest absolute Gasteiger partial charge is 0.207 e. The first kappa shape index (κ1) is 16.4. The topological polar surface area (TPSA) is 46.2 Å². The lowest BCUT2D eigenvalue weighted by molar-refractivity contribution is -0.126. The zero-order valence-corrected chi connectivity index (χ0v) is 14.8. The Morgan fingerprint density at radius 2 is 1.88 bits per heavy atom. The molecule has 0 saturated heterocycles. The van der Waals surface area contributed by atoms with E-state index in [0.29, 0.717) is 11.7 Å². The number of Topliss-reactive ketones (excluding diaryl/α,β-unsaturated/α-hetero) is 1. The second-order valence-corrected chi connectivity index (χ2v) is 8.68. The predicted octanol–water partition coefficient (Wildman–Crippen LogP) is 4.31. The van der Waals surface area contributed by atoms with E-state index in [9.17, 15) is 9.59 Å². The lowest BCUT2D eigenvalue weighted by Gasteiger charge is -2.56. The minimum Gasteiger partial charge on any atom is -0.355 e. The van der Waals surface area contributed by atoms with Crippen LogP contribution in [0.25, 0.3) is 0 Å². The highest BCUT2D eigenvalue weighted by molar-refractivity contribution is 5.81. The van der Waals surface area contributed by atoms with Gasteiger partial charge in [0.2, 0.25) is 6.41 Å². The number of allylic oxidation sites excluding steroid dienone is 1. The fourth-order valence-electron chi connectivity index (χ4n) is 6.55. The van der Waals surface area contributed by atoms with E-state index in [2.05, 4.69) is 5.32 Å². The van der Waals surface area contributed by atoms with Gasteiger partial charge >= 0.3 is 0 Å². The molecule has 2 fully saturated rings. The van der Waals surface area contributed by atoms with Crippen LogP contribution in [-0.2, 0) is 9.59 Å². The van der Waals surface area contributed by atoms with Gasteiger partial charge in [0.25, 0.3) is 0 Å². The maximum Gasteiger partial charge on any atom is 0.207 e. The second kappa shape index (κ2) is 6.65. The number of hydrogen-bond donors (Lipinski definition) is 1. The van der Waals surface area contributed by atoms with Crippen molar-refractivity contribution in [3.63, 3.8) is 0 Å². The summed E-state index contributed by atoms with van der Waals surface area (Å²) in [7, 11) is 0. The summed E-state index contributed by atoms with van der Waals surface area (Å²) in [5.41, 5.74) is 3.47. The third kappa shape index (κ3) is 2.64. The first-order valence-electron chi connectivity index (χ1n) is 10.2. The number of fused-ring (bicyclic) bond motifs is 3. The number of carbonyl (C=O) groups excluding carboxylic acids is 2. The first-order valence-corrected chi connectivity index (χ1v) is 10.2. The summed E-state index contributed by atoms with van der Waals surface area (Å²) < 4.78 is 0. The van der Waals surface area contributed by atoms with Crippen molar-refractivity contribution >= 4 is 12.2 Å². The van der Waals surface area contributed by atoms with Crippen molar-refractivity contribution < 1.29 is 9.59 Å². The van der Waals surface area contributed by atoms with E-state index in [1.807, 2.05) is 0 Å². The Balaban J connectivity index is 1.72. The Labute approximate surface area is 145 Å². The van der Waals surface area contributed by atoms with E-state index in [1.54, 1.807) is 11.1 Å². The summed E-state index contributed by atoms with van der Waals surface area (Å²) in [6.45, 7) is 0. The van der Waals surface area contributed by atoms with Crippen LogP contribution in [0.15, 0.2) is 11.1 Å². The van der Waals surface area contributed by atoms with Crippen LogP contribution in [0.5, 0.6) is 0 Å². The van der Waals surface area contributed by atoms with Gasteiger partial charge in [0.15, 0.2) is 0 Å². The standard InChI is InChI=1S/C21H31NO2/c23-14-22-20-16-8-5-11-21(20,13-17-7-2-4-10-19(17)24)18-9-3-1-6-15(18)12-16/h14,16-17,20H,1-13H2,(H,22,23). The number of ketones is 1. The van der Waals surface area contributed by atoms with Gasteiger partial charge in [-0.1, -0.05) is 24.0 Å². The number of amides is 1. The molecule has 4 atom stereocenters. The van der Waals surface area contributed by atoms with Crippen molar-refractivity contribution in [3.8, 4) is 0 Å². The van der Waals surface area contributed by atoms with Crippen LogP contribution < -0.4 is 5.32 Å². The van der Waals surface area contributed by atoms with Crippen molar-refractivity contribution in [3.05, 3.63) is 11.1 Å². The summed E-state index contributed by atoms with van der Waals surface area (Å²) in [5, 5.41) is 3.24. The van der Waals surface area contributed by atoms with Crippen LogP contribution in [0.1, 0.15) is 83.5 Å². The average Bonchev–Trinajstić information content (AvgIpc) is 2.59. The summed E-state index contributed by atoms with van der Waals surface area (Å²) in [5.74, 6) is 1.33. The molecule has 132 valence electrons. The third-order valence-corrected chi connectivity index (χ3v) is 7.50. The van der Waals surface area contributed by atoms with Crippen molar-refractivity contribution in [2.75, 3.05) is 0 Å². The monoisotopic (exact) mass is 329 g/mol. The van der Waals surface area contributed by atoms with Gasteiger partial charge in [0, 0.05) is 23.8 Å². The number of hydrogen-bond acceptors (Lipinski definition) is 2. The van der Waals surface area contributed by atoms with E-state index in [4.69, 9.17) is 0 Å². The Morgan fingerprint density at radius 3 is 2.71 bits per heavy atom. The van der Waals surface area contributed by atoms with Gasteiger partial charge in [-0.3, -0.25) is 9.59 Å². The van der Waals surface area contributed by atoms with E-state index in [-0.39, 0.29) is 17.4 Å². The molecule has 2 bridgehead atoms. The van der Waals surface area contributed by atoms with Crippen molar-refractivity contribution in [2.24, 2.45) is 17.3 Å². The molecular formula is C21H31NO2. The maximum absolute atomic E-state index is 12.5. The molecule has 0 aromatic rings. The van der Waals surface area contributed by atoms with Crippen LogP contribution >= 0.6 is 0 Å². The van der Waals surface area contributed by atoms with E-state index >= 15 is 0 Å². The van der Waals surface area contributed by atoms with Crippen molar-refractivity contribution in [1.29, 1.82) is 0 Å². The quantitative estimate of drug-likeness (QED) is 0.617. The Kier molecular flexibility index (Phi) is 4.53. The summed E-state index contributed by atoms with van der Waals surface area (Å²) in [6.07, 6.45) is 16.0. The molecule has 0 aromatic carbocycles. The van der Waals surface area contributed by atoms with E-state index < -0.39 is 0 Å². The average molecular weight is 329 g/mol. The molecule has 4 unspecified atom stereocenters. The molecule has 3 nitrogen and oxygen atoms in total.